The third-order valence-electron chi connectivity index (χ3n) is 4.15. The van der Waals surface area contributed by atoms with Crippen molar-refractivity contribution in [2.45, 2.75) is 37.3 Å². The van der Waals surface area contributed by atoms with Crippen LogP contribution in [0.3, 0.4) is 0 Å². The number of rotatable bonds is 7. The van der Waals surface area contributed by atoms with Gasteiger partial charge in [0.25, 0.3) is 0 Å². The summed E-state index contributed by atoms with van der Waals surface area (Å²) in [4.78, 5) is 24.0. The number of Topliss-reactive ketones (excluding diaryl/α,β-unsaturated/α-hetero) is 1. The molecule has 29 heavy (non-hydrogen) atoms. The van der Waals surface area contributed by atoms with Crippen LogP contribution in [0.25, 0.3) is 0 Å². The van der Waals surface area contributed by atoms with Gasteiger partial charge in [0, 0.05) is 23.9 Å². The average Bonchev–Trinajstić information content (AvgIpc) is 3.09. The Kier molecular flexibility index (Phi) is 6.66. The number of aromatic nitrogens is 2. The molecule has 2 aromatic carbocycles. The van der Waals surface area contributed by atoms with Crippen molar-refractivity contribution in [1.82, 2.24) is 10.2 Å². The first-order valence-corrected chi connectivity index (χ1v) is 10.8. The summed E-state index contributed by atoms with van der Waals surface area (Å²) in [6.07, 6.45) is 0. The lowest BCUT2D eigenvalue weighted by Gasteiger charge is -2.11. The van der Waals surface area contributed by atoms with E-state index >= 15 is 0 Å². The largest absolute Gasteiger partial charge is 0.330 e. The Morgan fingerprint density at radius 3 is 2.59 bits per heavy atom. The van der Waals surface area contributed by atoms with Crippen molar-refractivity contribution in [3.63, 3.8) is 0 Å². The van der Waals surface area contributed by atoms with Crippen LogP contribution >= 0.6 is 23.1 Å². The van der Waals surface area contributed by atoms with Crippen molar-refractivity contribution in [3.05, 3.63) is 59.2 Å². The number of thioether (sulfide) groups is 1. The number of aryl methyl sites for hydroxylation is 2. The SMILES string of the molecule is CC(=O)Nc1cccc(Nc2nnc(SC(C)C(=O)c3cc(C)ccc3C)s2)c1. The van der Waals surface area contributed by atoms with E-state index in [0.717, 1.165) is 26.7 Å². The standard InChI is InChI=1S/C21H22N4O2S2/c1-12-8-9-13(2)18(10-12)19(27)14(3)28-21-25-24-20(29-21)23-17-7-5-6-16(11-17)22-15(4)26/h5-11,14H,1-4H3,(H,22,26)(H,23,24). The molecule has 3 rings (SSSR count). The van der Waals surface area contributed by atoms with Gasteiger partial charge < -0.3 is 10.6 Å². The van der Waals surface area contributed by atoms with E-state index < -0.39 is 0 Å². The van der Waals surface area contributed by atoms with Gasteiger partial charge in [0.2, 0.25) is 11.0 Å². The number of carbonyl (C=O) groups excluding carboxylic acids is 2. The molecule has 1 aromatic heterocycles. The van der Waals surface area contributed by atoms with Crippen LogP contribution < -0.4 is 10.6 Å². The first-order valence-electron chi connectivity index (χ1n) is 9.08. The van der Waals surface area contributed by atoms with E-state index in [1.807, 2.05) is 63.2 Å². The van der Waals surface area contributed by atoms with Crippen LogP contribution in [-0.2, 0) is 4.79 Å². The second-order valence-electron chi connectivity index (χ2n) is 6.70. The molecule has 1 heterocycles. The zero-order chi connectivity index (χ0) is 21.0. The number of amides is 1. The number of anilines is 3. The van der Waals surface area contributed by atoms with Crippen molar-refractivity contribution >= 4 is 51.3 Å². The van der Waals surface area contributed by atoms with Crippen LogP contribution in [0.5, 0.6) is 0 Å². The molecule has 0 radical (unpaired) electrons. The van der Waals surface area contributed by atoms with E-state index in [9.17, 15) is 9.59 Å². The first-order chi connectivity index (χ1) is 13.8. The van der Waals surface area contributed by atoms with Gasteiger partial charge in [0.15, 0.2) is 10.1 Å². The molecule has 1 atom stereocenters. The average molecular weight is 427 g/mol. The summed E-state index contributed by atoms with van der Waals surface area (Å²) in [6.45, 7) is 7.29. The number of benzene rings is 2. The molecule has 1 amide bonds. The summed E-state index contributed by atoms with van der Waals surface area (Å²) < 4.78 is 0.719. The predicted octanol–water partition coefficient (Wildman–Crippen LogP) is 5.22. The zero-order valence-corrected chi connectivity index (χ0v) is 18.3. The number of nitrogens with zero attached hydrogens (tertiary/aromatic N) is 2. The number of hydrogen-bond acceptors (Lipinski definition) is 7. The minimum Gasteiger partial charge on any atom is -0.330 e. The lowest BCUT2D eigenvalue weighted by Crippen LogP contribution is -2.15. The fourth-order valence-corrected chi connectivity index (χ4v) is 4.72. The summed E-state index contributed by atoms with van der Waals surface area (Å²) in [7, 11) is 0. The molecule has 0 aliphatic rings. The molecule has 3 aromatic rings. The molecule has 0 aliphatic heterocycles. The Morgan fingerprint density at radius 2 is 1.83 bits per heavy atom. The van der Waals surface area contributed by atoms with Crippen molar-refractivity contribution in [2.75, 3.05) is 10.6 Å². The normalized spacial score (nSPS) is 11.7. The van der Waals surface area contributed by atoms with E-state index in [0.29, 0.717) is 10.8 Å². The Hall–Kier alpha value is -2.71. The van der Waals surface area contributed by atoms with E-state index in [4.69, 9.17) is 0 Å². The fraction of sp³-hybridized carbons (Fsp3) is 0.238. The fourth-order valence-electron chi connectivity index (χ4n) is 2.73. The van der Waals surface area contributed by atoms with Gasteiger partial charge >= 0.3 is 0 Å². The third-order valence-corrected chi connectivity index (χ3v) is 6.17. The highest BCUT2D eigenvalue weighted by Crippen LogP contribution is 2.32. The monoisotopic (exact) mass is 426 g/mol. The van der Waals surface area contributed by atoms with Gasteiger partial charge in [-0.2, -0.15) is 0 Å². The van der Waals surface area contributed by atoms with E-state index in [1.54, 1.807) is 0 Å². The summed E-state index contributed by atoms with van der Waals surface area (Å²) in [5.41, 5.74) is 4.30. The lowest BCUT2D eigenvalue weighted by molar-refractivity contribution is -0.114. The number of nitrogens with one attached hydrogen (secondary N) is 2. The van der Waals surface area contributed by atoms with E-state index in [2.05, 4.69) is 20.8 Å². The van der Waals surface area contributed by atoms with Gasteiger partial charge in [-0.3, -0.25) is 9.59 Å². The van der Waals surface area contributed by atoms with Crippen LogP contribution in [0.4, 0.5) is 16.5 Å². The molecule has 6 nitrogen and oxygen atoms in total. The molecule has 0 fully saturated rings. The second-order valence-corrected chi connectivity index (χ2v) is 9.27. The van der Waals surface area contributed by atoms with Crippen LogP contribution in [0.15, 0.2) is 46.8 Å². The van der Waals surface area contributed by atoms with Gasteiger partial charge in [-0.15, -0.1) is 10.2 Å². The van der Waals surface area contributed by atoms with Crippen molar-refractivity contribution in [1.29, 1.82) is 0 Å². The maximum atomic E-state index is 12.8. The summed E-state index contributed by atoms with van der Waals surface area (Å²) >= 11 is 2.79. The first kappa shape index (κ1) is 21.0. The second kappa shape index (κ2) is 9.19. The molecule has 0 spiro atoms. The highest BCUT2D eigenvalue weighted by atomic mass is 32.2. The minimum absolute atomic E-state index is 0.0870. The van der Waals surface area contributed by atoms with Crippen molar-refractivity contribution < 1.29 is 9.59 Å². The van der Waals surface area contributed by atoms with Gasteiger partial charge in [-0.05, 0) is 50.6 Å². The lowest BCUT2D eigenvalue weighted by atomic mass is 10.0. The molecule has 150 valence electrons. The van der Waals surface area contributed by atoms with Gasteiger partial charge in [0.1, 0.15) is 0 Å². The molecule has 0 aliphatic carbocycles. The maximum Gasteiger partial charge on any atom is 0.221 e. The highest BCUT2D eigenvalue weighted by Gasteiger charge is 2.20. The predicted molar refractivity (Wildman–Crippen MR) is 120 cm³/mol. The summed E-state index contributed by atoms with van der Waals surface area (Å²) in [5.74, 6) is -0.0387. The molecule has 0 saturated carbocycles. The molecule has 8 heteroatoms. The summed E-state index contributed by atoms with van der Waals surface area (Å²) in [6, 6.07) is 13.3. The Balaban J connectivity index is 1.66. The van der Waals surface area contributed by atoms with Crippen molar-refractivity contribution in [3.8, 4) is 0 Å². The Morgan fingerprint density at radius 1 is 1.07 bits per heavy atom. The van der Waals surface area contributed by atoms with Crippen LogP contribution in [-0.4, -0.2) is 27.1 Å². The smallest absolute Gasteiger partial charge is 0.221 e. The Labute approximate surface area is 178 Å². The molecule has 0 saturated heterocycles. The molecule has 0 bridgehead atoms. The van der Waals surface area contributed by atoms with Gasteiger partial charge in [0.05, 0.1) is 5.25 Å². The zero-order valence-electron chi connectivity index (χ0n) is 16.6. The number of carbonyl (C=O) groups is 2. The van der Waals surface area contributed by atoms with Crippen LogP contribution in [0.1, 0.15) is 35.3 Å². The molecular formula is C21H22N4O2S2. The minimum atomic E-state index is -0.264. The molecular weight excluding hydrogens is 404 g/mol. The van der Waals surface area contributed by atoms with E-state index in [1.165, 1.54) is 30.0 Å². The van der Waals surface area contributed by atoms with Crippen molar-refractivity contribution in [2.24, 2.45) is 0 Å². The quantitative estimate of drug-likeness (QED) is 0.398. The van der Waals surface area contributed by atoms with E-state index in [-0.39, 0.29) is 16.9 Å². The summed E-state index contributed by atoms with van der Waals surface area (Å²) in [5, 5.41) is 14.6. The molecule has 2 N–H and O–H groups in total. The Bertz CT molecular complexity index is 1050. The maximum absolute atomic E-state index is 12.8. The molecule has 1 unspecified atom stereocenters. The van der Waals surface area contributed by atoms with Gasteiger partial charge in [-0.25, -0.2) is 0 Å². The third kappa shape index (κ3) is 5.65. The number of hydrogen-bond donors (Lipinski definition) is 2. The highest BCUT2D eigenvalue weighted by molar-refractivity contribution is 8.02. The topological polar surface area (TPSA) is 84.0 Å². The van der Waals surface area contributed by atoms with Crippen LogP contribution in [0, 0.1) is 13.8 Å². The van der Waals surface area contributed by atoms with Crippen LogP contribution in [0.2, 0.25) is 0 Å². The number of ketones is 1. The van der Waals surface area contributed by atoms with Gasteiger partial charge in [-0.1, -0.05) is 46.9 Å².